The topological polar surface area (TPSA) is 20.3 Å². The van der Waals surface area contributed by atoms with Crippen LogP contribution in [0.2, 0.25) is 46.7 Å². The van der Waals surface area contributed by atoms with Crippen LogP contribution in [0.4, 0.5) is 0 Å². The molecule has 180 valence electrons. The van der Waals surface area contributed by atoms with E-state index < -0.39 is 15.2 Å². The molecule has 0 aliphatic carbocycles. The highest BCUT2D eigenvalue weighted by Gasteiger charge is 1.99. The number of hydrogen-bond acceptors (Lipinski definition) is 2. The molecule has 0 saturated carbocycles. The number of rotatable bonds is 0. The highest BCUT2D eigenvalue weighted by molar-refractivity contribution is 7.61. The van der Waals surface area contributed by atoms with E-state index in [2.05, 4.69) is 94.3 Å². The highest BCUT2D eigenvalue weighted by atomic mass is 31.2. The Morgan fingerprint density at radius 3 is 0.786 bits per heavy atom. The summed E-state index contributed by atoms with van der Waals surface area (Å²) in [6, 6.07) is 0. The Labute approximate surface area is 187 Å². The lowest BCUT2D eigenvalue weighted by Crippen LogP contribution is -2.10. The lowest BCUT2D eigenvalue weighted by Gasteiger charge is -2.05. The molecule has 2 nitrogen and oxygen atoms in total. The van der Waals surface area contributed by atoms with Crippen molar-refractivity contribution < 1.29 is 4.57 Å². The van der Waals surface area contributed by atoms with Crippen molar-refractivity contribution in [2.45, 2.75) is 81.8 Å². The lowest BCUT2D eigenvalue weighted by molar-refractivity contribution is 0.469. The Bertz CT molecular complexity index is 250. The van der Waals surface area contributed by atoms with Crippen LogP contribution in [0.25, 0.3) is 0 Å². The van der Waals surface area contributed by atoms with Gasteiger partial charge in [-0.2, -0.15) is 0 Å². The van der Waals surface area contributed by atoms with E-state index in [1.807, 2.05) is 26.0 Å². The van der Waals surface area contributed by atoms with Gasteiger partial charge in [0.05, 0.1) is 7.14 Å². The first-order chi connectivity index (χ1) is 11.2. The number of hydrogen-bond donors (Lipinski definition) is 0. The first-order valence-corrected chi connectivity index (χ1v) is 19.7. The van der Waals surface area contributed by atoms with Gasteiger partial charge >= 0.3 is 0 Å². The Morgan fingerprint density at radius 2 is 0.786 bits per heavy atom. The van der Waals surface area contributed by atoms with E-state index in [0.29, 0.717) is 13.3 Å². The molecule has 0 bridgehead atoms. The molecular formula is C22H64BNOP2Si. The van der Waals surface area contributed by atoms with E-state index in [1.165, 1.54) is 0 Å². The summed E-state index contributed by atoms with van der Waals surface area (Å²) >= 11 is 0. The van der Waals surface area contributed by atoms with Crippen molar-refractivity contribution in [3.8, 4) is 0 Å². The first-order valence-electron chi connectivity index (χ1n) is 9.94. The third kappa shape index (κ3) is 22200. The van der Waals surface area contributed by atoms with Crippen molar-refractivity contribution in [2.24, 2.45) is 5.41 Å². The van der Waals surface area contributed by atoms with Gasteiger partial charge in [0.2, 0.25) is 0 Å². The standard InChI is InChI=1S/C5H12.C4H12Si.C3H9B.C3H9N.C3H9OP.C3H9P.CH4/c2*1-5(2,3)4;2*1-4(2)3;1-5(2,3)4;1-4(2)3;/h2*1-4H3;2*1-3H3;1-3H3;1-3H3;1H4. The second kappa shape index (κ2) is 25.9. The molecule has 0 aliphatic rings. The zero-order chi connectivity index (χ0) is 24.2. The Morgan fingerprint density at radius 1 is 0.786 bits per heavy atom. The predicted molar refractivity (Wildman–Crippen MR) is 154 cm³/mol. The summed E-state index contributed by atoms with van der Waals surface area (Å²) in [6.07, 6.45) is 0. The molecule has 0 aliphatic heterocycles. The van der Waals surface area contributed by atoms with Crippen LogP contribution >= 0.6 is 15.1 Å². The van der Waals surface area contributed by atoms with E-state index in [0.717, 1.165) is 6.71 Å². The predicted octanol–water partition coefficient (Wildman–Crippen LogP) is 8.79. The molecule has 0 N–H and O–H groups in total. The molecule has 0 radical (unpaired) electrons. The van der Waals surface area contributed by atoms with E-state index in [4.69, 9.17) is 0 Å². The zero-order valence-corrected chi connectivity index (χ0v) is 26.1. The molecule has 0 heterocycles. The van der Waals surface area contributed by atoms with Gasteiger partial charge in [-0.15, -0.1) is 7.92 Å². The average Bonchev–Trinajstić information content (AvgIpc) is 2.01. The third-order valence-corrected chi connectivity index (χ3v) is 0. The molecule has 0 spiro atoms. The van der Waals surface area contributed by atoms with Gasteiger partial charge in [-0.05, 0) is 66.5 Å². The maximum absolute atomic E-state index is 10.2. The molecule has 0 atom stereocenters. The third-order valence-electron chi connectivity index (χ3n) is 0. The van der Waals surface area contributed by atoms with E-state index in [1.54, 1.807) is 20.0 Å². The fourth-order valence-corrected chi connectivity index (χ4v) is 0. The van der Waals surface area contributed by atoms with Crippen LogP contribution in [0, 0.1) is 5.41 Å². The minimum Gasteiger partial charge on any atom is -0.324 e. The molecule has 0 aromatic carbocycles. The molecular weight excluding hydrogens is 395 g/mol. The van der Waals surface area contributed by atoms with Gasteiger partial charge in [-0.3, -0.25) is 0 Å². The van der Waals surface area contributed by atoms with Crippen LogP contribution in [0.15, 0.2) is 0 Å². The molecule has 0 saturated heterocycles. The fraction of sp³-hybridized carbons (Fsp3) is 1.00. The minimum absolute atomic E-state index is 0. The summed E-state index contributed by atoms with van der Waals surface area (Å²) in [5, 5.41) is 0. The van der Waals surface area contributed by atoms with Crippen LogP contribution in [0.5, 0.6) is 0 Å². The summed E-state index contributed by atoms with van der Waals surface area (Å²) in [4.78, 5) is 2.00. The normalized spacial score (nSPS) is 9.93. The van der Waals surface area contributed by atoms with Crippen LogP contribution in [0.1, 0.15) is 35.1 Å². The van der Waals surface area contributed by atoms with Crippen LogP contribution in [-0.4, -0.2) is 80.8 Å². The molecule has 6 heteroatoms. The summed E-state index contributed by atoms with van der Waals surface area (Å²) in [7, 11) is 4.13. The molecule has 0 aromatic heterocycles. The molecule has 28 heavy (non-hydrogen) atoms. The molecule has 0 fully saturated rings. The Balaban J connectivity index is -0.0000000377. The smallest absolute Gasteiger partial charge is 0.130 e. The largest absolute Gasteiger partial charge is 0.324 e. The second-order valence-corrected chi connectivity index (χ2v) is 24.8. The molecule has 0 rings (SSSR count). The van der Waals surface area contributed by atoms with Gasteiger partial charge in [0.15, 0.2) is 0 Å². The number of nitrogens with zero attached hydrogens (tertiary/aromatic N) is 1. The van der Waals surface area contributed by atoms with Gasteiger partial charge < -0.3 is 9.46 Å². The average molecular weight is 460 g/mol. The molecule has 0 amide bonds. The van der Waals surface area contributed by atoms with E-state index >= 15 is 0 Å². The maximum atomic E-state index is 10.2. The van der Waals surface area contributed by atoms with Crippen molar-refractivity contribution in [1.29, 1.82) is 0 Å². The van der Waals surface area contributed by atoms with E-state index in [-0.39, 0.29) is 7.43 Å². The van der Waals surface area contributed by atoms with Gasteiger partial charge in [0, 0.05) is 8.07 Å². The Kier molecular flexibility index (Phi) is 43.5. The quantitative estimate of drug-likeness (QED) is 0.266. The summed E-state index contributed by atoms with van der Waals surface area (Å²) in [5.41, 5.74) is 0.500. The van der Waals surface area contributed by atoms with Crippen molar-refractivity contribution in [1.82, 2.24) is 4.90 Å². The molecule has 0 unspecified atom stereocenters. The van der Waals surface area contributed by atoms with Crippen molar-refractivity contribution in [2.75, 3.05) is 61.1 Å². The van der Waals surface area contributed by atoms with Crippen molar-refractivity contribution in [3.05, 3.63) is 0 Å². The second-order valence-electron chi connectivity index (χ2n) is 12.3. The summed E-state index contributed by atoms with van der Waals surface area (Å²) < 4.78 is 10.2. The maximum Gasteiger partial charge on any atom is 0.130 e. The molecule has 0 aromatic rings. The van der Waals surface area contributed by atoms with Crippen LogP contribution in [0.3, 0.4) is 0 Å². The SMILES string of the molecule is C.CB(C)C.CC(C)(C)C.CN(C)C.CP(C)(C)=O.CP(C)C.C[Si](C)(C)C. The van der Waals surface area contributed by atoms with Gasteiger partial charge in [0.1, 0.15) is 6.71 Å². The monoisotopic (exact) mass is 459 g/mol. The first kappa shape index (κ1) is 46.9. The van der Waals surface area contributed by atoms with Gasteiger partial charge in [-0.1, -0.05) is 81.8 Å². The van der Waals surface area contributed by atoms with Crippen molar-refractivity contribution in [3.63, 3.8) is 0 Å². The Hall–Kier alpha value is 0.902. The van der Waals surface area contributed by atoms with Crippen LogP contribution in [-0.2, 0) is 4.57 Å². The van der Waals surface area contributed by atoms with Gasteiger partial charge in [0.25, 0.3) is 0 Å². The fourth-order valence-electron chi connectivity index (χ4n) is 0. The van der Waals surface area contributed by atoms with Crippen LogP contribution < -0.4 is 0 Å². The van der Waals surface area contributed by atoms with E-state index in [9.17, 15) is 4.57 Å². The summed E-state index contributed by atoms with van der Waals surface area (Å²) in [6.45, 7) is 37.3. The highest BCUT2D eigenvalue weighted by Crippen LogP contribution is 2.28. The minimum atomic E-state index is -1.64. The summed E-state index contributed by atoms with van der Waals surface area (Å²) in [5.74, 6) is 0. The zero-order valence-electron chi connectivity index (χ0n) is 23.3. The van der Waals surface area contributed by atoms with Gasteiger partial charge in [-0.25, -0.2) is 0 Å². The van der Waals surface area contributed by atoms with Crippen molar-refractivity contribution >= 4 is 29.9 Å². The lowest BCUT2D eigenvalue weighted by atomic mass is 9.58.